The molecular formula is C12H24N4. The van der Waals surface area contributed by atoms with Crippen LogP contribution in [0.3, 0.4) is 0 Å². The molecule has 0 saturated heterocycles. The molecule has 16 heavy (non-hydrogen) atoms. The zero-order valence-corrected chi connectivity index (χ0v) is 11.0. The Labute approximate surface area is 98.5 Å². The number of aromatic nitrogens is 3. The van der Waals surface area contributed by atoms with Crippen LogP contribution in [0.5, 0.6) is 0 Å². The van der Waals surface area contributed by atoms with Gasteiger partial charge in [-0.05, 0) is 13.0 Å². The number of nitrogens with one attached hydrogen (secondary N) is 1. The zero-order valence-electron chi connectivity index (χ0n) is 11.0. The fourth-order valence-corrected chi connectivity index (χ4v) is 1.82. The molecule has 1 unspecified atom stereocenters. The number of hydrogen-bond acceptors (Lipinski definition) is 3. The van der Waals surface area contributed by atoms with Crippen LogP contribution in [0.1, 0.15) is 45.8 Å². The number of rotatable bonds is 7. The standard InChI is InChI=1S/C12H24N4/c1-5-10(13-8-4)9-16-12(7-3)14-11(6-2)15-16/h10,13H,5-9H2,1-4H3. The fraction of sp³-hybridized carbons (Fsp3) is 0.833. The lowest BCUT2D eigenvalue weighted by molar-refractivity contribution is 0.414. The Morgan fingerprint density at radius 1 is 1.19 bits per heavy atom. The SMILES string of the molecule is CCNC(CC)Cn1nc(CC)nc1CC. The molecule has 1 aromatic heterocycles. The van der Waals surface area contributed by atoms with Crippen molar-refractivity contribution in [1.82, 2.24) is 20.1 Å². The van der Waals surface area contributed by atoms with Gasteiger partial charge in [0.15, 0.2) is 5.82 Å². The summed E-state index contributed by atoms with van der Waals surface area (Å²) < 4.78 is 2.07. The number of likely N-dealkylation sites (N-methyl/N-ethyl adjacent to an activating group) is 1. The molecule has 0 fully saturated rings. The molecule has 1 aromatic rings. The van der Waals surface area contributed by atoms with E-state index in [1.54, 1.807) is 0 Å². The lowest BCUT2D eigenvalue weighted by atomic mass is 10.2. The minimum atomic E-state index is 0.502. The highest BCUT2D eigenvalue weighted by molar-refractivity contribution is 4.93. The van der Waals surface area contributed by atoms with Gasteiger partial charge in [-0.1, -0.05) is 27.7 Å². The van der Waals surface area contributed by atoms with Crippen LogP contribution in [0.25, 0.3) is 0 Å². The van der Waals surface area contributed by atoms with E-state index >= 15 is 0 Å². The Balaban J connectivity index is 2.73. The van der Waals surface area contributed by atoms with E-state index in [4.69, 9.17) is 0 Å². The minimum absolute atomic E-state index is 0.502. The third-order valence-electron chi connectivity index (χ3n) is 2.80. The van der Waals surface area contributed by atoms with Crippen molar-refractivity contribution in [3.63, 3.8) is 0 Å². The first-order chi connectivity index (χ1) is 7.74. The van der Waals surface area contributed by atoms with Crippen LogP contribution < -0.4 is 5.32 Å². The molecule has 1 heterocycles. The second-order valence-electron chi connectivity index (χ2n) is 4.00. The Bertz CT molecular complexity index is 306. The van der Waals surface area contributed by atoms with Gasteiger partial charge in [0, 0.05) is 18.9 Å². The van der Waals surface area contributed by atoms with E-state index in [0.29, 0.717) is 6.04 Å². The average Bonchev–Trinajstić information content (AvgIpc) is 2.70. The fourth-order valence-electron chi connectivity index (χ4n) is 1.82. The molecule has 0 amide bonds. The van der Waals surface area contributed by atoms with Gasteiger partial charge in [-0.2, -0.15) is 5.10 Å². The zero-order chi connectivity index (χ0) is 12.0. The average molecular weight is 224 g/mol. The molecule has 0 aliphatic carbocycles. The first-order valence-electron chi connectivity index (χ1n) is 6.40. The van der Waals surface area contributed by atoms with Crippen molar-refractivity contribution < 1.29 is 0 Å². The third kappa shape index (κ3) is 3.30. The van der Waals surface area contributed by atoms with Gasteiger partial charge < -0.3 is 5.32 Å². The third-order valence-corrected chi connectivity index (χ3v) is 2.80. The number of nitrogens with zero attached hydrogens (tertiary/aromatic N) is 3. The molecule has 0 bridgehead atoms. The topological polar surface area (TPSA) is 42.7 Å². The first kappa shape index (κ1) is 13.2. The van der Waals surface area contributed by atoms with E-state index in [9.17, 15) is 0 Å². The summed E-state index contributed by atoms with van der Waals surface area (Å²) in [7, 11) is 0. The summed E-state index contributed by atoms with van der Waals surface area (Å²) in [6.45, 7) is 10.5. The second-order valence-corrected chi connectivity index (χ2v) is 4.00. The predicted octanol–water partition coefficient (Wildman–Crippen LogP) is 1.79. The molecule has 0 saturated carbocycles. The lowest BCUT2D eigenvalue weighted by Crippen LogP contribution is -2.33. The maximum atomic E-state index is 4.54. The monoisotopic (exact) mass is 224 g/mol. The molecule has 0 aliphatic rings. The molecule has 0 radical (unpaired) electrons. The quantitative estimate of drug-likeness (QED) is 0.768. The highest BCUT2D eigenvalue weighted by Gasteiger charge is 2.11. The van der Waals surface area contributed by atoms with Crippen LogP contribution in [0, 0.1) is 0 Å². The van der Waals surface area contributed by atoms with Crippen LogP contribution >= 0.6 is 0 Å². The van der Waals surface area contributed by atoms with Gasteiger partial charge in [0.1, 0.15) is 5.82 Å². The Morgan fingerprint density at radius 3 is 2.44 bits per heavy atom. The molecule has 92 valence electrons. The largest absolute Gasteiger partial charge is 0.312 e. The summed E-state index contributed by atoms with van der Waals surface area (Å²) in [6, 6.07) is 0.502. The van der Waals surface area contributed by atoms with Crippen LogP contribution in [0.2, 0.25) is 0 Å². The van der Waals surface area contributed by atoms with E-state index in [-0.39, 0.29) is 0 Å². The van der Waals surface area contributed by atoms with Crippen LogP contribution in [0.4, 0.5) is 0 Å². The number of hydrogen-bond donors (Lipinski definition) is 1. The van der Waals surface area contributed by atoms with Crippen molar-refractivity contribution in [2.24, 2.45) is 0 Å². The summed E-state index contributed by atoms with van der Waals surface area (Å²) in [5, 5.41) is 8.01. The van der Waals surface area contributed by atoms with Crippen LogP contribution in [0.15, 0.2) is 0 Å². The maximum absolute atomic E-state index is 4.54. The van der Waals surface area contributed by atoms with Gasteiger partial charge in [0.25, 0.3) is 0 Å². The molecule has 4 heteroatoms. The summed E-state index contributed by atoms with van der Waals surface area (Å²) in [4.78, 5) is 4.52. The van der Waals surface area contributed by atoms with Crippen molar-refractivity contribution in [3.05, 3.63) is 11.6 Å². The maximum Gasteiger partial charge on any atom is 0.150 e. The molecule has 1 rings (SSSR count). The van der Waals surface area contributed by atoms with E-state index < -0.39 is 0 Å². The molecule has 0 aliphatic heterocycles. The summed E-state index contributed by atoms with van der Waals surface area (Å²) >= 11 is 0. The van der Waals surface area contributed by atoms with E-state index in [0.717, 1.165) is 44.0 Å². The molecule has 1 N–H and O–H groups in total. The van der Waals surface area contributed by atoms with Gasteiger partial charge in [0.05, 0.1) is 6.54 Å². The van der Waals surface area contributed by atoms with E-state index in [2.05, 4.69) is 47.8 Å². The summed E-state index contributed by atoms with van der Waals surface area (Å²) in [5.74, 6) is 2.07. The molecule has 0 aromatic carbocycles. The van der Waals surface area contributed by atoms with Crippen molar-refractivity contribution in [3.8, 4) is 0 Å². The molecule has 4 nitrogen and oxygen atoms in total. The van der Waals surface area contributed by atoms with Gasteiger partial charge in [-0.3, -0.25) is 0 Å². The Kier molecular flexibility index (Phi) is 5.46. The Hall–Kier alpha value is -0.900. The van der Waals surface area contributed by atoms with E-state index in [1.807, 2.05) is 0 Å². The van der Waals surface area contributed by atoms with Crippen molar-refractivity contribution >= 4 is 0 Å². The van der Waals surface area contributed by atoms with Crippen molar-refractivity contribution in [2.75, 3.05) is 6.54 Å². The normalized spacial score (nSPS) is 13.0. The lowest BCUT2D eigenvalue weighted by Gasteiger charge is -2.16. The van der Waals surface area contributed by atoms with Crippen LogP contribution in [-0.2, 0) is 19.4 Å². The molecule has 0 spiro atoms. The summed E-state index contributed by atoms with van der Waals surface area (Å²) in [5.41, 5.74) is 0. The van der Waals surface area contributed by atoms with Gasteiger partial charge >= 0.3 is 0 Å². The highest BCUT2D eigenvalue weighted by atomic mass is 15.4. The predicted molar refractivity (Wildman–Crippen MR) is 66.5 cm³/mol. The molecule has 1 atom stereocenters. The van der Waals surface area contributed by atoms with Gasteiger partial charge in [0.2, 0.25) is 0 Å². The Morgan fingerprint density at radius 2 is 1.94 bits per heavy atom. The van der Waals surface area contributed by atoms with Gasteiger partial charge in [-0.25, -0.2) is 9.67 Å². The first-order valence-corrected chi connectivity index (χ1v) is 6.40. The van der Waals surface area contributed by atoms with Gasteiger partial charge in [-0.15, -0.1) is 0 Å². The van der Waals surface area contributed by atoms with Crippen molar-refractivity contribution in [1.29, 1.82) is 0 Å². The number of aryl methyl sites for hydroxylation is 2. The molecular weight excluding hydrogens is 200 g/mol. The summed E-state index contributed by atoms with van der Waals surface area (Å²) in [6.07, 6.45) is 2.99. The van der Waals surface area contributed by atoms with Crippen LogP contribution in [-0.4, -0.2) is 27.4 Å². The van der Waals surface area contributed by atoms with Crippen molar-refractivity contribution in [2.45, 2.75) is 59.5 Å². The minimum Gasteiger partial charge on any atom is -0.312 e. The highest BCUT2D eigenvalue weighted by Crippen LogP contribution is 2.04. The second kappa shape index (κ2) is 6.63. The van der Waals surface area contributed by atoms with E-state index in [1.165, 1.54) is 0 Å². The smallest absolute Gasteiger partial charge is 0.150 e.